The first kappa shape index (κ1) is 15.2. The van der Waals surface area contributed by atoms with E-state index >= 15 is 0 Å². The predicted molar refractivity (Wildman–Crippen MR) is 80.9 cm³/mol. The number of nitrogens with two attached hydrogens (primary N) is 1. The van der Waals surface area contributed by atoms with Crippen LogP contribution < -0.4 is 5.73 Å². The summed E-state index contributed by atoms with van der Waals surface area (Å²) in [7, 11) is 0. The molecule has 1 nitrogen and oxygen atoms in total. The zero-order chi connectivity index (χ0) is 13.8. The van der Waals surface area contributed by atoms with E-state index in [9.17, 15) is 0 Å². The van der Waals surface area contributed by atoms with E-state index in [4.69, 9.17) is 5.73 Å². The Morgan fingerprint density at radius 3 is 1.94 bits per heavy atom. The van der Waals surface area contributed by atoms with Gasteiger partial charge in [0.25, 0.3) is 0 Å². The Hall–Kier alpha value is -0.820. The second-order valence-electron chi connectivity index (χ2n) is 7.21. The highest BCUT2D eigenvalue weighted by Gasteiger charge is 2.26. The average molecular weight is 247 g/mol. The maximum Gasteiger partial charge on any atom is -0.00741 e. The largest absolute Gasteiger partial charge is 0.330 e. The molecule has 0 spiro atoms. The van der Waals surface area contributed by atoms with Crippen molar-refractivity contribution in [2.24, 2.45) is 11.1 Å². The molecular formula is C17H29N. The van der Waals surface area contributed by atoms with Gasteiger partial charge in [0.1, 0.15) is 0 Å². The first-order chi connectivity index (χ1) is 8.24. The molecule has 0 aliphatic heterocycles. The van der Waals surface area contributed by atoms with E-state index < -0.39 is 0 Å². The lowest BCUT2D eigenvalue weighted by Crippen LogP contribution is -2.24. The summed E-state index contributed by atoms with van der Waals surface area (Å²) in [6, 6.07) is 9.10. The van der Waals surface area contributed by atoms with Crippen molar-refractivity contribution in [2.75, 3.05) is 6.54 Å². The second kappa shape index (κ2) is 5.88. The molecule has 1 aromatic rings. The molecule has 0 amide bonds. The van der Waals surface area contributed by atoms with Crippen LogP contribution in [0.5, 0.6) is 0 Å². The third kappa shape index (κ3) is 4.81. The van der Waals surface area contributed by atoms with Crippen molar-refractivity contribution in [3.8, 4) is 0 Å². The fourth-order valence-corrected chi connectivity index (χ4v) is 2.86. The third-order valence-electron chi connectivity index (χ3n) is 3.38. The minimum atomic E-state index is 0.241. The SMILES string of the molecule is CC(C)(C)CC(C)(C)c1ccc(CCCN)cc1. The van der Waals surface area contributed by atoms with E-state index in [1.807, 2.05) is 0 Å². The lowest BCUT2D eigenvalue weighted by molar-refractivity contribution is 0.284. The van der Waals surface area contributed by atoms with Crippen LogP contribution in [0.1, 0.15) is 58.6 Å². The molecule has 0 bridgehead atoms. The Balaban J connectivity index is 2.77. The van der Waals surface area contributed by atoms with Crippen LogP contribution in [0, 0.1) is 5.41 Å². The lowest BCUT2D eigenvalue weighted by atomic mass is 9.72. The first-order valence-electron chi connectivity index (χ1n) is 7.04. The van der Waals surface area contributed by atoms with Gasteiger partial charge in [-0.2, -0.15) is 0 Å². The van der Waals surface area contributed by atoms with Gasteiger partial charge in [-0.1, -0.05) is 58.9 Å². The maximum absolute atomic E-state index is 5.54. The minimum absolute atomic E-state index is 0.241. The summed E-state index contributed by atoms with van der Waals surface area (Å²) in [4.78, 5) is 0. The van der Waals surface area contributed by atoms with Crippen molar-refractivity contribution in [3.63, 3.8) is 0 Å². The van der Waals surface area contributed by atoms with Crippen LogP contribution in [0.2, 0.25) is 0 Å². The van der Waals surface area contributed by atoms with E-state index in [0.29, 0.717) is 5.41 Å². The van der Waals surface area contributed by atoms with Crippen molar-refractivity contribution < 1.29 is 0 Å². The molecule has 0 aliphatic rings. The highest BCUT2D eigenvalue weighted by atomic mass is 14.5. The van der Waals surface area contributed by atoms with E-state index in [1.165, 1.54) is 17.5 Å². The molecule has 102 valence electrons. The maximum atomic E-state index is 5.54. The summed E-state index contributed by atoms with van der Waals surface area (Å²) in [6.45, 7) is 12.4. The minimum Gasteiger partial charge on any atom is -0.330 e. The van der Waals surface area contributed by atoms with Crippen molar-refractivity contribution in [1.29, 1.82) is 0 Å². The molecule has 0 aliphatic carbocycles. The summed E-state index contributed by atoms with van der Waals surface area (Å²) in [6.07, 6.45) is 3.36. The van der Waals surface area contributed by atoms with Crippen LogP contribution in [0.15, 0.2) is 24.3 Å². The zero-order valence-electron chi connectivity index (χ0n) is 12.7. The number of aryl methyl sites for hydroxylation is 1. The molecule has 1 rings (SSSR count). The van der Waals surface area contributed by atoms with Gasteiger partial charge in [-0.3, -0.25) is 0 Å². The normalized spacial score (nSPS) is 12.8. The van der Waals surface area contributed by atoms with Gasteiger partial charge in [0.2, 0.25) is 0 Å². The fourth-order valence-electron chi connectivity index (χ4n) is 2.86. The van der Waals surface area contributed by atoms with Crippen LogP contribution in [-0.4, -0.2) is 6.54 Å². The van der Waals surface area contributed by atoms with Crippen molar-refractivity contribution >= 4 is 0 Å². The van der Waals surface area contributed by atoms with Gasteiger partial charge < -0.3 is 5.73 Å². The molecule has 0 unspecified atom stereocenters. The molecule has 0 saturated heterocycles. The molecule has 0 aromatic heterocycles. The Bertz CT molecular complexity index is 354. The van der Waals surface area contributed by atoms with Gasteiger partial charge in [0.15, 0.2) is 0 Å². The molecule has 0 saturated carbocycles. The Labute approximate surface area is 113 Å². The van der Waals surface area contributed by atoms with Crippen LogP contribution >= 0.6 is 0 Å². The monoisotopic (exact) mass is 247 g/mol. The summed E-state index contributed by atoms with van der Waals surface area (Å²) in [5.74, 6) is 0. The highest BCUT2D eigenvalue weighted by molar-refractivity contribution is 5.28. The van der Waals surface area contributed by atoms with E-state index in [-0.39, 0.29) is 5.41 Å². The summed E-state index contributed by atoms with van der Waals surface area (Å²) in [5.41, 5.74) is 8.99. The molecule has 0 atom stereocenters. The van der Waals surface area contributed by atoms with Gasteiger partial charge in [-0.15, -0.1) is 0 Å². The van der Waals surface area contributed by atoms with Crippen molar-refractivity contribution in [2.45, 2.75) is 59.3 Å². The Morgan fingerprint density at radius 1 is 0.944 bits per heavy atom. The number of benzene rings is 1. The van der Waals surface area contributed by atoms with Crippen LogP contribution in [0.4, 0.5) is 0 Å². The smallest absolute Gasteiger partial charge is 0.00741 e. The standard InChI is InChI=1S/C17H29N/c1-16(2,3)13-17(4,5)15-10-8-14(9-11-15)7-6-12-18/h8-11H,6-7,12-13,18H2,1-5H3. The summed E-state index contributed by atoms with van der Waals surface area (Å²) < 4.78 is 0. The van der Waals surface area contributed by atoms with Crippen LogP contribution in [0.3, 0.4) is 0 Å². The molecule has 0 radical (unpaired) electrons. The van der Waals surface area contributed by atoms with Gasteiger partial charge in [0, 0.05) is 0 Å². The Morgan fingerprint density at radius 2 is 1.50 bits per heavy atom. The van der Waals surface area contributed by atoms with Crippen LogP contribution in [0.25, 0.3) is 0 Å². The molecule has 18 heavy (non-hydrogen) atoms. The molecule has 0 heterocycles. The molecular weight excluding hydrogens is 218 g/mol. The Kier molecular flexibility index (Phi) is 4.98. The van der Waals surface area contributed by atoms with Crippen molar-refractivity contribution in [3.05, 3.63) is 35.4 Å². The summed E-state index contributed by atoms with van der Waals surface area (Å²) in [5, 5.41) is 0. The predicted octanol–water partition coefficient (Wildman–Crippen LogP) is 4.29. The first-order valence-corrected chi connectivity index (χ1v) is 7.04. The molecule has 0 fully saturated rings. The third-order valence-corrected chi connectivity index (χ3v) is 3.38. The number of rotatable bonds is 5. The number of hydrogen-bond acceptors (Lipinski definition) is 1. The second-order valence-corrected chi connectivity index (χ2v) is 7.21. The van der Waals surface area contributed by atoms with Gasteiger partial charge >= 0.3 is 0 Å². The molecule has 1 heteroatoms. The number of hydrogen-bond donors (Lipinski definition) is 1. The van der Waals surface area contributed by atoms with Crippen LogP contribution in [-0.2, 0) is 11.8 Å². The van der Waals surface area contributed by atoms with E-state index in [2.05, 4.69) is 58.9 Å². The van der Waals surface area contributed by atoms with E-state index in [1.54, 1.807) is 0 Å². The van der Waals surface area contributed by atoms with Gasteiger partial charge in [-0.05, 0) is 47.8 Å². The lowest BCUT2D eigenvalue weighted by Gasteiger charge is -2.33. The van der Waals surface area contributed by atoms with Gasteiger partial charge in [-0.25, -0.2) is 0 Å². The molecule has 1 aromatic carbocycles. The fraction of sp³-hybridized carbons (Fsp3) is 0.647. The topological polar surface area (TPSA) is 26.0 Å². The van der Waals surface area contributed by atoms with E-state index in [0.717, 1.165) is 19.4 Å². The van der Waals surface area contributed by atoms with Crippen molar-refractivity contribution in [1.82, 2.24) is 0 Å². The summed E-state index contributed by atoms with van der Waals surface area (Å²) >= 11 is 0. The zero-order valence-corrected chi connectivity index (χ0v) is 12.7. The van der Waals surface area contributed by atoms with Gasteiger partial charge in [0.05, 0.1) is 0 Å². The average Bonchev–Trinajstić information content (AvgIpc) is 2.23. The molecule has 2 N–H and O–H groups in total. The quantitative estimate of drug-likeness (QED) is 0.825. The highest BCUT2D eigenvalue weighted by Crippen LogP contribution is 2.36.